The van der Waals surface area contributed by atoms with E-state index >= 15 is 0 Å². The molecule has 3 bridgehead atoms. The van der Waals surface area contributed by atoms with Gasteiger partial charge in [-0.15, -0.1) is 6.58 Å². The highest BCUT2D eigenvalue weighted by molar-refractivity contribution is 5.75. The largest absolute Gasteiger partial charge is 0.436 e. The Kier molecular flexibility index (Phi) is 5.51. The third-order valence-corrected chi connectivity index (χ3v) is 8.42. The number of allylic oxidation sites excluding steroid dienone is 2. The second-order valence-corrected chi connectivity index (χ2v) is 9.94. The lowest BCUT2D eigenvalue weighted by Crippen LogP contribution is -2.63. The van der Waals surface area contributed by atoms with Gasteiger partial charge in [-0.3, -0.25) is 4.90 Å². The van der Waals surface area contributed by atoms with Gasteiger partial charge < -0.3 is 19.1 Å². The Morgan fingerprint density at radius 2 is 2.03 bits per heavy atom. The number of amides is 1. The number of ether oxygens (including phenoxy) is 3. The lowest BCUT2D eigenvalue weighted by atomic mass is 9.55. The lowest BCUT2D eigenvalue weighted by Gasteiger charge is -2.56. The van der Waals surface area contributed by atoms with Gasteiger partial charge >= 0.3 is 6.09 Å². The molecule has 6 nitrogen and oxygen atoms in total. The summed E-state index contributed by atoms with van der Waals surface area (Å²) in [5.41, 5.74) is 0.455. The molecule has 0 saturated carbocycles. The smallest absolute Gasteiger partial charge is 0.411 e. The molecule has 5 aliphatic rings. The lowest BCUT2D eigenvalue weighted by molar-refractivity contribution is -0.110. The second-order valence-electron chi connectivity index (χ2n) is 9.94. The summed E-state index contributed by atoms with van der Waals surface area (Å²) in [5, 5.41) is 0. The molecule has 1 aliphatic carbocycles. The summed E-state index contributed by atoms with van der Waals surface area (Å²) in [6.45, 7) is 7.28. The first-order valence-electron chi connectivity index (χ1n) is 11.9. The molecule has 31 heavy (non-hydrogen) atoms. The Morgan fingerprint density at radius 3 is 2.81 bits per heavy atom. The highest BCUT2D eigenvalue weighted by atomic mass is 16.7. The number of piperidine rings is 1. The molecule has 3 saturated heterocycles. The van der Waals surface area contributed by atoms with Crippen molar-refractivity contribution >= 4 is 6.09 Å². The van der Waals surface area contributed by atoms with Crippen molar-refractivity contribution in [3.63, 3.8) is 0 Å². The van der Waals surface area contributed by atoms with E-state index < -0.39 is 11.9 Å². The fourth-order valence-corrected chi connectivity index (χ4v) is 7.37. The average molecular weight is 429 g/mol. The topological polar surface area (TPSA) is 51.2 Å². The summed E-state index contributed by atoms with van der Waals surface area (Å²) in [5.74, 6) is 0.314. The predicted molar refractivity (Wildman–Crippen MR) is 119 cm³/mol. The monoisotopic (exact) mass is 428 g/mol. The van der Waals surface area contributed by atoms with Crippen LogP contribution in [0.25, 0.3) is 0 Å². The summed E-state index contributed by atoms with van der Waals surface area (Å²) >= 11 is 0. The van der Waals surface area contributed by atoms with Crippen molar-refractivity contribution < 1.29 is 19.0 Å². The fourth-order valence-electron chi connectivity index (χ4n) is 7.37. The molecule has 0 N–H and O–H groups in total. The maximum Gasteiger partial charge on any atom is 0.411 e. The van der Waals surface area contributed by atoms with Crippen LogP contribution in [0.5, 0.6) is 0 Å². The zero-order valence-corrected chi connectivity index (χ0v) is 18.9. The van der Waals surface area contributed by atoms with Gasteiger partial charge in [-0.1, -0.05) is 18.2 Å². The maximum atomic E-state index is 13.2. The van der Waals surface area contributed by atoms with Crippen LogP contribution in [0.3, 0.4) is 0 Å². The third kappa shape index (κ3) is 3.13. The molecule has 1 unspecified atom stereocenters. The van der Waals surface area contributed by atoms with Gasteiger partial charge in [0.2, 0.25) is 0 Å². The van der Waals surface area contributed by atoms with E-state index in [-0.39, 0.29) is 23.6 Å². The van der Waals surface area contributed by atoms with Crippen molar-refractivity contribution in [2.45, 2.75) is 68.9 Å². The number of fused-ring (bicyclic) bond motifs is 1. The summed E-state index contributed by atoms with van der Waals surface area (Å²) in [4.78, 5) is 17.9. The van der Waals surface area contributed by atoms with Crippen LogP contribution < -0.4 is 0 Å². The fraction of sp³-hybridized carbons (Fsp3) is 0.720. The standard InChI is InChI=1S/C25H36N2O4/c1-4-18-15-24-17-26-13-10-8-6-5-7-9-12-25(22(24)27(18)23(28)31-25)16-19(20(24)11-14-26)21(29-2)30-3/h4-5,7,16,18,20-22H,1,6,8-15,17H2,2-3H3/b7-5-/t18-,20-,22+,24-,25-/m0/s1. The van der Waals surface area contributed by atoms with Crippen LogP contribution in [0.1, 0.15) is 44.9 Å². The van der Waals surface area contributed by atoms with E-state index in [0.29, 0.717) is 5.92 Å². The molecule has 1 spiro atoms. The SMILES string of the molecule is C=C[C@H]1C[C@]23CN4CCCC/C=C\CC[C@@]5(C=C(C(OC)OC)[C@@H]2CC4)OC(=O)N1[C@H]35. The summed E-state index contributed by atoms with van der Waals surface area (Å²) in [6.07, 6.45) is 15.4. The van der Waals surface area contributed by atoms with E-state index in [4.69, 9.17) is 14.2 Å². The van der Waals surface area contributed by atoms with E-state index in [2.05, 4.69) is 29.7 Å². The van der Waals surface area contributed by atoms with Crippen LogP contribution in [0, 0.1) is 11.3 Å². The van der Waals surface area contributed by atoms with Crippen molar-refractivity contribution in [3.05, 3.63) is 36.5 Å². The van der Waals surface area contributed by atoms with Gasteiger partial charge in [-0.05, 0) is 75.6 Å². The van der Waals surface area contributed by atoms with Gasteiger partial charge in [0.15, 0.2) is 11.9 Å². The first kappa shape index (κ1) is 21.2. The van der Waals surface area contributed by atoms with Gasteiger partial charge in [0.25, 0.3) is 0 Å². The summed E-state index contributed by atoms with van der Waals surface area (Å²) < 4.78 is 17.9. The van der Waals surface area contributed by atoms with E-state index in [0.717, 1.165) is 51.7 Å². The van der Waals surface area contributed by atoms with Crippen LogP contribution in [-0.2, 0) is 14.2 Å². The molecule has 4 aliphatic heterocycles. The van der Waals surface area contributed by atoms with Gasteiger partial charge in [0.05, 0.1) is 12.1 Å². The molecular formula is C25H36N2O4. The quantitative estimate of drug-likeness (QED) is 0.502. The number of nitrogens with zero attached hydrogens (tertiary/aromatic N) is 2. The van der Waals surface area contributed by atoms with Crippen molar-refractivity contribution in [1.29, 1.82) is 0 Å². The highest BCUT2D eigenvalue weighted by Crippen LogP contribution is 2.63. The van der Waals surface area contributed by atoms with E-state index in [1.165, 1.54) is 18.4 Å². The van der Waals surface area contributed by atoms with Crippen LogP contribution in [-0.4, -0.2) is 73.7 Å². The molecule has 0 aromatic carbocycles. The molecule has 6 heteroatoms. The molecule has 5 rings (SSSR count). The molecule has 1 amide bonds. The van der Waals surface area contributed by atoms with Crippen LogP contribution in [0.15, 0.2) is 36.5 Å². The second kappa shape index (κ2) is 8.05. The van der Waals surface area contributed by atoms with Crippen LogP contribution in [0.2, 0.25) is 0 Å². The zero-order chi connectivity index (χ0) is 21.6. The van der Waals surface area contributed by atoms with Crippen LogP contribution in [0.4, 0.5) is 4.79 Å². The Balaban J connectivity index is 1.68. The summed E-state index contributed by atoms with van der Waals surface area (Å²) in [7, 11) is 3.41. The van der Waals surface area contributed by atoms with Gasteiger partial charge in [0.1, 0.15) is 0 Å². The molecular weight excluding hydrogens is 392 g/mol. The van der Waals surface area contributed by atoms with Crippen LogP contribution >= 0.6 is 0 Å². The third-order valence-electron chi connectivity index (χ3n) is 8.42. The van der Waals surface area contributed by atoms with E-state index in [1.54, 1.807) is 14.2 Å². The zero-order valence-electron chi connectivity index (χ0n) is 18.9. The van der Waals surface area contributed by atoms with E-state index in [1.807, 2.05) is 11.0 Å². The van der Waals surface area contributed by atoms with Crippen molar-refractivity contribution in [2.75, 3.05) is 33.9 Å². The van der Waals surface area contributed by atoms with Crippen molar-refractivity contribution in [2.24, 2.45) is 11.3 Å². The summed E-state index contributed by atoms with van der Waals surface area (Å²) in [6, 6.07) is 0.0529. The maximum absolute atomic E-state index is 13.2. The first-order chi connectivity index (χ1) is 15.1. The minimum Gasteiger partial charge on any atom is -0.436 e. The van der Waals surface area contributed by atoms with Gasteiger partial charge in [-0.2, -0.15) is 0 Å². The number of methoxy groups -OCH3 is 2. The first-order valence-corrected chi connectivity index (χ1v) is 11.9. The Morgan fingerprint density at radius 1 is 1.23 bits per heavy atom. The Bertz CT molecular complexity index is 790. The molecule has 4 heterocycles. The highest BCUT2D eigenvalue weighted by Gasteiger charge is 2.72. The van der Waals surface area contributed by atoms with Crippen molar-refractivity contribution in [3.8, 4) is 0 Å². The van der Waals surface area contributed by atoms with Gasteiger partial charge in [0, 0.05) is 26.2 Å². The average Bonchev–Trinajstić information content (AvgIpc) is 3.26. The molecule has 3 fully saturated rings. The normalized spacial score (nSPS) is 42.9. The number of carbonyl (C=O) groups excluding carboxylic acids is 1. The molecule has 0 aromatic rings. The minimum absolute atomic E-state index is 0.0153. The van der Waals surface area contributed by atoms with E-state index in [9.17, 15) is 4.79 Å². The predicted octanol–water partition coefficient (Wildman–Crippen LogP) is 3.89. The molecule has 170 valence electrons. The van der Waals surface area contributed by atoms with Crippen molar-refractivity contribution in [1.82, 2.24) is 9.80 Å². The number of carbonyl (C=O) groups is 1. The molecule has 6 atom stereocenters. The molecule has 0 radical (unpaired) electrons. The number of rotatable bonds is 4. The minimum atomic E-state index is -0.641. The molecule has 0 aromatic heterocycles. The number of hydrogen-bond donors (Lipinski definition) is 0. The van der Waals surface area contributed by atoms with Gasteiger partial charge in [-0.25, -0.2) is 4.79 Å². The number of hydrogen-bond acceptors (Lipinski definition) is 5. The Labute approximate surface area is 185 Å². The Hall–Kier alpha value is -1.63.